The number of para-hydroxylation sites is 1. The van der Waals surface area contributed by atoms with Crippen molar-refractivity contribution in [1.29, 1.82) is 5.26 Å². The third-order valence-corrected chi connectivity index (χ3v) is 3.32. The van der Waals surface area contributed by atoms with Crippen molar-refractivity contribution >= 4 is 23.2 Å². The average Bonchev–Trinajstić information content (AvgIpc) is 2.46. The lowest BCUT2D eigenvalue weighted by molar-refractivity contribution is 0.304. The van der Waals surface area contributed by atoms with E-state index < -0.39 is 0 Å². The van der Waals surface area contributed by atoms with Gasteiger partial charge in [0, 0.05) is 16.1 Å². The van der Waals surface area contributed by atoms with E-state index >= 15 is 0 Å². The van der Waals surface area contributed by atoms with Crippen LogP contribution in [0.4, 0.5) is 0 Å². The zero-order valence-electron chi connectivity index (χ0n) is 10.1. The number of nitriles is 1. The fraction of sp³-hybridized carbons (Fsp3) is 0.133. The van der Waals surface area contributed by atoms with Gasteiger partial charge < -0.3 is 4.74 Å². The quantitative estimate of drug-likeness (QED) is 0.776. The van der Waals surface area contributed by atoms with E-state index in [0.29, 0.717) is 23.1 Å². The molecule has 0 saturated carbocycles. The zero-order valence-corrected chi connectivity index (χ0v) is 11.6. The van der Waals surface area contributed by atoms with Crippen molar-refractivity contribution in [3.8, 4) is 11.8 Å². The molecule has 0 aliphatic heterocycles. The van der Waals surface area contributed by atoms with E-state index in [1.165, 1.54) is 0 Å². The fourth-order valence-corrected chi connectivity index (χ4v) is 2.10. The van der Waals surface area contributed by atoms with Gasteiger partial charge in [0.1, 0.15) is 12.4 Å². The summed E-state index contributed by atoms with van der Waals surface area (Å²) in [5, 5.41) is 9.30. The Bertz CT molecular complexity index is 620. The van der Waals surface area contributed by atoms with Crippen LogP contribution in [0.15, 0.2) is 42.5 Å². The summed E-state index contributed by atoms with van der Waals surface area (Å²) in [6, 6.07) is 14.8. The number of nitrogens with zero attached hydrogens (tertiary/aromatic N) is 1. The lowest BCUT2D eigenvalue weighted by Gasteiger charge is -2.10. The van der Waals surface area contributed by atoms with Crippen molar-refractivity contribution in [3.63, 3.8) is 0 Å². The first-order valence-corrected chi connectivity index (χ1v) is 6.61. The Kier molecular flexibility index (Phi) is 4.68. The van der Waals surface area contributed by atoms with Crippen LogP contribution in [-0.2, 0) is 12.5 Å². The Morgan fingerprint density at radius 1 is 1.11 bits per heavy atom. The molecule has 0 fully saturated rings. The molecule has 0 radical (unpaired) electrons. The Hall–Kier alpha value is -1.69. The normalized spacial score (nSPS) is 9.95. The first-order chi connectivity index (χ1) is 9.24. The molecular weight excluding hydrogens is 281 g/mol. The molecule has 0 bridgehead atoms. The van der Waals surface area contributed by atoms with E-state index in [-0.39, 0.29) is 0 Å². The highest BCUT2D eigenvalue weighted by molar-refractivity contribution is 6.31. The maximum atomic E-state index is 8.77. The molecule has 0 spiro atoms. The third-order valence-electron chi connectivity index (χ3n) is 2.68. The first-order valence-electron chi connectivity index (χ1n) is 5.70. The van der Waals surface area contributed by atoms with Gasteiger partial charge in [0.25, 0.3) is 0 Å². The molecule has 0 amide bonds. The predicted octanol–water partition coefficient (Wildman–Crippen LogP) is 4.53. The van der Waals surface area contributed by atoms with Crippen molar-refractivity contribution in [2.24, 2.45) is 0 Å². The monoisotopic (exact) mass is 291 g/mol. The molecule has 0 aliphatic carbocycles. The number of halogens is 2. The minimum absolute atomic E-state index is 0.346. The first kappa shape index (κ1) is 13.7. The number of benzene rings is 2. The Morgan fingerprint density at radius 2 is 1.89 bits per heavy atom. The molecule has 0 heterocycles. The lowest BCUT2D eigenvalue weighted by atomic mass is 10.1. The van der Waals surface area contributed by atoms with Crippen LogP contribution in [-0.4, -0.2) is 0 Å². The zero-order chi connectivity index (χ0) is 13.7. The second-order valence-electron chi connectivity index (χ2n) is 3.95. The topological polar surface area (TPSA) is 33.0 Å². The largest absolute Gasteiger partial charge is 0.489 e. The Labute approximate surface area is 122 Å². The minimum atomic E-state index is 0.346. The van der Waals surface area contributed by atoms with Crippen LogP contribution in [0.3, 0.4) is 0 Å². The molecular formula is C15H11Cl2NO. The fourth-order valence-electron chi connectivity index (χ4n) is 1.64. The van der Waals surface area contributed by atoms with Gasteiger partial charge in [0.15, 0.2) is 0 Å². The molecule has 0 aliphatic rings. The van der Waals surface area contributed by atoms with Crippen molar-refractivity contribution < 1.29 is 4.74 Å². The highest BCUT2D eigenvalue weighted by atomic mass is 35.5. The standard InChI is InChI=1S/C15H11Cl2NO/c16-8-12-3-1-2-4-15(12)19-10-13-6-5-11(9-18)7-14(13)17/h1-7H,8,10H2. The van der Waals surface area contributed by atoms with E-state index in [0.717, 1.165) is 16.9 Å². The van der Waals surface area contributed by atoms with Gasteiger partial charge in [-0.05, 0) is 18.2 Å². The van der Waals surface area contributed by atoms with Crippen LogP contribution < -0.4 is 4.74 Å². The molecule has 0 N–H and O–H groups in total. The molecule has 2 aromatic rings. The maximum absolute atomic E-state index is 8.77. The molecule has 19 heavy (non-hydrogen) atoms. The summed E-state index contributed by atoms with van der Waals surface area (Å²) in [5.74, 6) is 1.15. The van der Waals surface area contributed by atoms with Crippen LogP contribution in [0.1, 0.15) is 16.7 Å². The molecule has 2 aromatic carbocycles. The van der Waals surface area contributed by atoms with Gasteiger partial charge in [-0.2, -0.15) is 5.26 Å². The highest BCUT2D eigenvalue weighted by Gasteiger charge is 2.05. The van der Waals surface area contributed by atoms with Gasteiger partial charge >= 0.3 is 0 Å². The van der Waals surface area contributed by atoms with Crippen LogP contribution in [0.2, 0.25) is 5.02 Å². The number of ether oxygens (including phenoxy) is 1. The summed E-state index contributed by atoms with van der Waals surface area (Å²) >= 11 is 11.9. The van der Waals surface area contributed by atoms with Crippen molar-refractivity contribution in [2.45, 2.75) is 12.5 Å². The average molecular weight is 292 g/mol. The van der Waals surface area contributed by atoms with E-state index in [1.807, 2.05) is 30.3 Å². The van der Waals surface area contributed by atoms with E-state index in [4.69, 9.17) is 33.2 Å². The molecule has 0 unspecified atom stereocenters. The summed E-state index contributed by atoms with van der Waals surface area (Å²) in [5.41, 5.74) is 2.31. The second-order valence-corrected chi connectivity index (χ2v) is 4.62. The van der Waals surface area contributed by atoms with Gasteiger partial charge in [-0.3, -0.25) is 0 Å². The van der Waals surface area contributed by atoms with Crippen molar-refractivity contribution in [3.05, 3.63) is 64.2 Å². The van der Waals surface area contributed by atoms with Gasteiger partial charge in [-0.15, -0.1) is 11.6 Å². The van der Waals surface area contributed by atoms with E-state index in [9.17, 15) is 0 Å². The smallest absolute Gasteiger partial charge is 0.124 e. The molecule has 2 nitrogen and oxygen atoms in total. The summed E-state index contributed by atoms with van der Waals surface area (Å²) in [4.78, 5) is 0. The number of rotatable bonds is 4. The summed E-state index contributed by atoms with van der Waals surface area (Å²) in [7, 11) is 0. The van der Waals surface area contributed by atoms with Gasteiger partial charge in [-0.25, -0.2) is 0 Å². The Morgan fingerprint density at radius 3 is 2.58 bits per heavy atom. The summed E-state index contributed by atoms with van der Waals surface area (Å²) < 4.78 is 5.72. The van der Waals surface area contributed by atoms with Crippen LogP contribution in [0, 0.1) is 11.3 Å². The van der Waals surface area contributed by atoms with Gasteiger partial charge in [0.2, 0.25) is 0 Å². The predicted molar refractivity (Wildman–Crippen MR) is 76.5 cm³/mol. The number of hydrogen-bond acceptors (Lipinski definition) is 2. The second kappa shape index (κ2) is 6.47. The molecule has 96 valence electrons. The summed E-state index contributed by atoms with van der Waals surface area (Å²) in [6.45, 7) is 0.346. The van der Waals surface area contributed by atoms with E-state index in [2.05, 4.69) is 0 Å². The molecule has 0 saturated heterocycles. The van der Waals surface area contributed by atoms with Crippen LogP contribution in [0.5, 0.6) is 5.75 Å². The van der Waals surface area contributed by atoms with Crippen molar-refractivity contribution in [1.82, 2.24) is 0 Å². The number of alkyl halides is 1. The molecule has 4 heteroatoms. The van der Waals surface area contributed by atoms with Gasteiger partial charge in [-0.1, -0.05) is 35.9 Å². The minimum Gasteiger partial charge on any atom is -0.489 e. The van der Waals surface area contributed by atoms with Crippen molar-refractivity contribution in [2.75, 3.05) is 0 Å². The molecule has 2 rings (SSSR count). The lowest BCUT2D eigenvalue weighted by Crippen LogP contribution is -1.98. The third kappa shape index (κ3) is 3.41. The van der Waals surface area contributed by atoms with E-state index in [1.54, 1.807) is 18.2 Å². The summed E-state index contributed by atoms with van der Waals surface area (Å²) in [6.07, 6.45) is 0. The number of hydrogen-bond donors (Lipinski definition) is 0. The highest BCUT2D eigenvalue weighted by Crippen LogP contribution is 2.23. The van der Waals surface area contributed by atoms with Crippen LogP contribution >= 0.6 is 23.2 Å². The van der Waals surface area contributed by atoms with Crippen LogP contribution in [0.25, 0.3) is 0 Å². The Balaban J connectivity index is 2.13. The maximum Gasteiger partial charge on any atom is 0.124 e. The molecule has 0 aromatic heterocycles. The molecule has 0 atom stereocenters. The van der Waals surface area contributed by atoms with Gasteiger partial charge in [0.05, 0.1) is 17.5 Å². The SMILES string of the molecule is N#Cc1ccc(COc2ccccc2CCl)c(Cl)c1.